The van der Waals surface area contributed by atoms with Gasteiger partial charge in [-0.25, -0.2) is 0 Å². The van der Waals surface area contributed by atoms with E-state index in [1.807, 2.05) is 14.1 Å². The molecule has 1 aromatic heterocycles. The number of aromatic nitrogens is 2. The quantitative estimate of drug-likeness (QED) is 0.861. The molecule has 1 atom stereocenters. The van der Waals surface area contributed by atoms with Crippen molar-refractivity contribution in [2.24, 2.45) is 5.92 Å². The number of aliphatic hydroxyl groups is 1. The molecule has 2 heterocycles. The van der Waals surface area contributed by atoms with Crippen LogP contribution in [0.5, 0.6) is 0 Å². The summed E-state index contributed by atoms with van der Waals surface area (Å²) in [5.74, 6) is 0.745. The van der Waals surface area contributed by atoms with Crippen LogP contribution in [0.15, 0.2) is 0 Å². The Morgan fingerprint density at radius 1 is 1.11 bits per heavy atom. The highest BCUT2D eigenvalue weighted by Gasteiger charge is 2.34. The van der Waals surface area contributed by atoms with Gasteiger partial charge in [-0.15, -0.1) is 0 Å². The van der Waals surface area contributed by atoms with Crippen LogP contribution in [0, 0.1) is 5.92 Å². The Bertz CT molecular complexity index is 685. The minimum absolute atomic E-state index is 0.0355. The van der Waals surface area contributed by atoms with Crippen molar-refractivity contribution >= 4 is 5.91 Å². The zero-order chi connectivity index (χ0) is 19.7. The van der Waals surface area contributed by atoms with E-state index in [1.165, 1.54) is 43.4 Å². The van der Waals surface area contributed by atoms with Gasteiger partial charge < -0.3 is 10.0 Å². The van der Waals surface area contributed by atoms with Crippen LogP contribution in [-0.2, 0) is 19.4 Å². The standard InChI is InChI=1S/C22H36N4O2/c1-24(2)22(28)21-19-14-17(25-12-10-18(27)11-13-25)8-9-20(19)26(23-21)15-16-6-4-3-5-7-16/h16-18,27H,3-15H2,1-2H3/t17-/m1/s1. The van der Waals surface area contributed by atoms with Crippen molar-refractivity contribution in [1.29, 1.82) is 0 Å². The van der Waals surface area contributed by atoms with Gasteiger partial charge in [0.2, 0.25) is 0 Å². The zero-order valence-electron chi connectivity index (χ0n) is 17.6. The lowest BCUT2D eigenvalue weighted by atomic mass is 9.87. The second-order valence-corrected chi connectivity index (χ2v) is 9.32. The van der Waals surface area contributed by atoms with Gasteiger partial charge in [0.25, 0.3) is 5.91 Å². The van der Waals surface area contributed by atoms with E-state index < -0.39 is 0 Å². The number of likely N-dealkylation sites (tertiary alicyclic amines) is 1. The molecule has 2 aliphatic carbocycles. The van der Waals surface area contributed by atoms with Crippen molar-refractivity contribution in [1.82, 2.24) is 19.6 Å². The maximum Gasteiger partial charge on any atom is 0.274 e. The molecule has 1 amide bonds. The van der Waals surface area contributed by atoms with Crippen molar-refractivity contribution in [3.63, 3.8) is 0 Å². The van der Waals surface area contributed by atoms with Gasteiger partial charge in [0, 0.05) is 51.0 Å². The first-order chi connectivity index (χ1) is 13.5. The third-order valence-corrected chi connectivity index (χ3v) is 7.10. The average Bonchev–Trinajstić information content (AvgIpc) is 3.06. The van der Waals surface area contributed by atoms with Crippen molar-refractivity contribution in [3.8, 4) is 0 Å². The molecule has 1 N–H and O–H groups in total. The highest BCUT2D eigenvalue weighted by atomic mass is 16.3. The Balaban J connectivity index is 1.56. The maximum atomic E-state index is 12.9. The van der Waals surface area contributed by atoms with Crippen molar-refractivity contribution in [2.45, 2.75) is 82.9 Å². The lowest BCUT2D eigenvalue weighted by molar-refractivity contribution is 0.0567. The number of hydrogen-bond donors (Lipinski definition) is 1. The number of carbonyl (C=O) groups is 1. The Hall–Kier alpha value is -1.40. The normalized spacial score (nSPS) is 24.9. The van der Waals surface area contributed by atoms with E-state index >= 15 is 0 Å². The molecular formula is C22H36N4O2. The largest absolute Gasteiger partial charge is 0.393 e. The van der Waals surface area contributed by atoms with Gasteiger partial charge >= 0.3 is 0 Å². The Morgan fingerprint density at radius 3 is 2.50 bits per heavy atom. The van der Waals surface area contributed by atoms with Gasteiger partial charge in [0.05, 0.1) is 6.10 Å². The Morgan fingerprint density at radius 2 is 1.82 bits per heavy atom. The van der Waals surface area contributed by atoms with Gasteiger partial charge in [0.15, 0.2) is 5.69 Å². The first kappa shape index (κ1) is 19.9. The number of piperidine rings is 1. The van der Waals surface area contributed by atoms with E-state index in [0.717, 1.165) is 51.7 Å². The lowest BCUT2D eigenvalue weighted by Gasteiger charge is -2.38. The van der Waals surface area contributed by atoms with E-state index in [0.29, 0.717) is 17.7 Å². The second-order valence-electron chi connectivity index (χ2n) is 9.32. The van der Waals surface area contributed by atoms with Crippen LogP contribution in [0.2, 0.25) is 0 Å². The fraction of sp³-hybridized carbons (Fsp3) is 0.818. The monoisotopic (exact) mass is 388 g/mol. The first-order valence-corrected chi connectivity index (χ1v) is 11.2. The van der Waals surface area contributed by atoms with Crippen molar-refractivity contribution in [2.75, 3.05) is 27.2 Å². The summed E-state index contributed by atoms with van der Waals surface area (Å²) in [6, 6.07) is 0.473. The van der Waals surface area contributed by atoms with Crippen LogP contribution < -0.4 is 0 Å². The molecule has 0 spiro atoms. The predicted octanol–water partition coefficient (Wildman–Crippen LogP) is 2.48. The number of carbonyl (C=O) groups excluding carboxylic acids is 1. The van der Waals surface area contributed by atoms with Crippen molar-refractivity contribution in [3.05, 3.63) is 17.0 Å². The van der Waals surface area contributed by atoms with Crippen LogP contribution >= 0.6 is 0 Å². The first-order valence-electron chi connectivity index (χ1n) is 11.2. The number of fused-ring (bicyclic) bond motifs is 1. The summed E-state index contributed by atoms with van der Waals surface area (Å²) in [7, 11) is 3.64. The molecule has 0 bridgehead atoms. The van der Waals surface area contributed by atoms with Crippen LogP contribution in [0.4, 0.5) is 0 Å². The van der Waals surface area contributed by atoms with Gasteiger partial charge in [-0.1, -0.05) is 19.3 Å². The van der Waals surface area contributed by atoms with Crippen molar-refractivity contribution < 1.29 is 9.90 Å². The molecule has 0 unspecified atom stereocenters. The fourth-order valence-corrected chi connectivity index (χ4v) is 5.38. The minimum Gasteiger partial charge on any atom is -0.393 e. The fourth-order valence-electron chi connectivity index (χ4n) is 5.38. The minimum atomic E-state index is -0.139. The summed E-state index contributed by atoms with van der Waals surface area (Å²) in [5.41, 5.74) is 3.18. The molecule has 156 valence electrons. The zero-order valence-corrected chi connectivity index (χ0v) is 17.6. The molecular weight excluding hydrogens is 352 g/mol. The maximum absolute atomic E-state index is 12.9. The highest BCUT2D eigenvalue weighted by Crippen LogP contribution is 2.32. The lowest BCUT2D eigenvalue weighted by Crippen LogP contribution is -2.45. The molecule has 0 radical (unpaired) electrons. The topological polar surface area (TPSA) is 61.6 Å². The number of rotatable bonds is 4. The summed E-state index contributed by atoms with van der Waals surface area (Å²) in [5, 5.41) is 14.7. The summed E-state index contributed by atoms with van der Waals surface area (Å²) >= 11 is 0. The number of amides is 1. The average molecular weight is 389 g/mol. The molecule has 0 aromatic carbocycles. The molecule has 1 aromatic rings. The number of aliphatic hydroxyl groups excluding tert-OH is 1. The van der Waals surface area contributed by atoms with E-state index in [-0.39, 0.29) is 12.0 Å². The van der Waals surface area contributed by atoms with Gasteiger partial charge in [-0.2, -0.15) is 5.10 Å². The van der Waals surface area contributed by atoms with Gasteiger partial charge in [0.1, 0.15) is 0 Å². The van der Waals surface area contributed by atoms with E-state index in [4.69, 9.17) is 5.10 Å². The Kier molecular flexibility index (Phi) is 6.07. The molecule has 1 saturated carbocycles. The summed E-state index contributed by atoms with van der Waals surface area (Å²) in [6.45, 7) is 2.91. The van der Waals surface area contributed by atoms with E-state index in [9.17, 15) is 9.90 Å². The molecule has 28 heavy (non-hydrogen) atoms. The van der Waals surface area contributed by atoms with Crippen LogP contribution in [-0.4, -0.2) is 69.9 Å². The van der Waals surface area contributed by atoms with Gasteiger partial charge in [-0.3, -0.25) is 14.4 Å². The molecule has 3 aliphatic rings. The third kappa shape index (κ3) is 4.13. The smallest absolute Gasteiger partial charge is 0.274 e. The predicted molar refractivity (Wildman–Crippen MR) is 109 cm³/mol. The van der Waals surface area contributed by atoms with Crippen LogP contribution in [0.3, 0.4) is 0 Å². The van der Waals surface area contributed by atoms with Crippen LogP contribution in [0.1, 0.15) is 73.1 Å². The van der Waals surface area contributed by atoms with E-state index in [1.54, 1.807) is 4.90 Å². The molecule has 4 rings (SSSR count). The second kappa shape index (κ2) is 8.54. The SMILES string of the molecule is CN(C)C(=O)c1nn(CC2CCCCC2)c2c1C[C@H](N1CCC(O)CC1)CC2. The molecule has 6 heteroatoms. The third-order valence-electron chi connectivity index (χ3n) is 7.10. The summed E-state index contributed by atoms with van der Waals surface area (Å²) in [4.78, 5) is 17.0. The number of hydrogen-bond acceptors (Lipinski definition) is 4. The van der Waals surface area contributed by atoms with E-state index in [2.05, 4.69) is 9.58 Å². The van der Waals surface area contributed by atoms with Gasteiger partial charge in [-0.05, 0) is 50.9 Å². The Labute approximate surface area is 168 Å². The summed E-state index contributed by atoms with van der Waals surface area (Å²) in [6.07, 6.45) is 11.3. The van der Waals surface area contributed by atoms with Crippen LogP contribution in [0.25, 0.3) is 0 Å². The number of nitrogens with zero attached hydrogens (tertiary/aromatic N) is 4. The molecule has 1 saturated heterocycles. The molecule has 6 nitrogen and oxygen atoms in total. The molecule has 2 fully saturated rings. The molecule has 1 aliphatic heterocycles. The summed E-state index contributed by atoms with van der Waals surface area (Å²) < 4.78 is 2.19. The highest BCUT2D eigenvalue weighted by molar-refractivity contribution is 5.93.